The molecule has 0 saturated carbocycles. The molecule has 0 aliphatic carbocycles. The summed E-state index contributed by atoms with van der Waals surface area (Å²) >= 11 is 0. The number of hydrogen-bond donors (Lipinski definition) is 2. The Morgan fingerprint density at radius 2 is 2.24 bits per heavy atom. The lowest BCUT2D eigenvalue weighted by molar-refractivity contribution is -0.136. The number of carboxylic acids is 1. The second-order valence-corrected chi connectivity index (χ2v) is 3.63. The Morgan fingerprint density at radius 1 is 1.47 bits per heavy atom. The monoisotopic (exact) mass is 233 g/mol. The molecule has 17 heavy (non-hydrogen) atoms. The lowest BCUT2D eigenvalue weighted by Gasteiger charge is -1.97. The van der Waals surface area contributed by atoms with Crippen LogP contribution in [0.5, 0.6) is 5.75 Å². The summed E-state index contributed by atoms with van der Waals surface area (Å²) in [6.45, 7) is 1.71. The van der Waals surface area contributed by atoms with Gasteiger partial charge in [-0.15, -0.1) is 0 Å². The highest BCUT2D eigenvalue weighted by Gasteiger charge is 2.14. The van der Waals surface area contributed by atoms with E-state index in [-0.39, 0.29) is 18.1 Å². The van der Waals surface area contributed by atoms with Gasteiger partial charge in [0.05, 0.1) is 0 Å². The van der Waals surface area contributed by atoms with Crippen molar-refractivity contribution in [2.75, 3.05) is 0 Å². The van der Waals surface area contributed by atoms with E-state index in [9.17, 15) is 9.90 Å². The van der Waals surface area contributed by atoms with Crippen LogP contribution < -0.4 is 0 Å². The van der Waals surface area contributed by atoms with Crippen LogP contribution in [0.2, 0.25) is 0 Å². The number of oxazole rings is 1. The van der Waals surface area contributed by atoms with Crippen LogP contribution in [0.15, 0.2) is 28.7 Å². The largest absolute Gasteiger partial charge is 0.508 e. The Hall–Kier alpha value is -2.30. The summed E-state index contributed by atoms with van der Waals surface area (Å²) in [5.74, 6) is -0.168. The molecule has 0 fully saturated rings. The van der Waals surface area contributed by atoms with Gasteiger partial charge in [-0.25, -0.2) is 4.98 Å². The van der Waals surface area contributed by atoms with Gasteiger partial charge in [-0.3, -0.25) is 4.79 Å². The van der Waals surface area contributed by atoms with Crippen LogP contribution in [-0.4, -0.2) is 21.2 Å². The van der Waals surface area contributed by atoms with E-state index >= 15 is 0 Å². The van der Waals surface area contributed by atoms with Crippen molar-refractivity contribution in [3.8, 4) is 17.0 Å². The molecule has 0 spiro atoms. The van der Waals surface area contributed by atoms with Gasteiger partial charge in [0.15, 0.2) is 0 Å². The maximum atomic E-state index is 10.5. The molecule has 0 saturated heterocycles. The van der Waals surface area contributed by atoms with Gasteiger partial charge < -0.3 is 14.6 Å². The first-order chi connectivity index (χ1) is 8.06. The van der Waals surface area contributed by atoms with Crippen molar-refractivity contribution in [1.82, 2.24) is 4.98 Å². The number of aliphatic carboxylic acids is 1. The van der Waals surface area contributed by atoms with Gasteiger partial charge >= 0.3 is 5.97 Å². The van der Waals surface area contributed by atoms with E-state index in [4.69, 9.17) is 9.52 Å². The Bertz CT molecular complexity index is 559. The predicted octanol–water partition coefficient (Wildman–Crippen LogP) is 1.98. The highest BCUT2D eigenvalue weighted by atomic mass is 16.4. The summed E-state index contributed by atoms with van der Waals surface area (Å²) in [5.41, 5.74) is 1.25. The average Bonchev–Trinajstić information content (AvgIpc) is 2.58. The van der Waals surface area contributed by atoms with E-state index in [1.54, 1.807) is 31.2 Å². The van der Waals surface area contributed by atoms with Crippen LogP contribution in [0.4, 0.5) is 0 Å². The van der Waals surface area contributed by atoms with Crippen molar-refractivity contribution in [3.63, 3.8) is 0 Å². The zero-order valence-electron chi connectivity index (χ0n) is 9.17. The number of hydrogen-bond acceptors (Lipinski definition) is 4. The lowest BCUT2D eigenvalue weighted by atomic mass is 10.1. The number of aromatic hydroxyl groups is 1. The van der Waals surface area contributed by atoms with Crippen molar-refractivity contribution in [2.45, 2.75) is 13.3 Å². The number of phenols is 1. The van der Waals surface area contributed by atoms with Crippen molar-refractivity contribution in [1.29, 1.82) is 0 Å². The highest BCUT2D eigenvalue weighted by molar-refractivity contribution is 5.69. The van der Waals surface area contributed by atoms with E-state index in [2.05, 4.69) is 4.98 Å². The van der Waals surface area contributed by atoms with Gasteiger partial charge in [-0.1, -0.05) is 12.1 Å². The lowest BCUT2D eigenvalue weighted by Crippen LogP contribution is -1.99. The normalized spacial score (nSPS) is 10.4. The van der Waals surface area contributed by atoms with Gasteiger partial charge in [0, 0.05) is 5.56 Å². The molecular weight excluding hydrogens is 222 g/mol. The topological polar surface area (TPSA) is 83.6 Å². The Kier molecular flexibility index (Phi) is 2.82. The standard InChI is InChI=1S/C12H11NO4/c1-7-12(8-3-2-4-9(14)5-8)13-10(17-7)6-11(15)16/h2-5,14H,6H2,1H3,(H,15,16). The summed E-state index contributed by atoms with van der Waals surface area (Å²) in [6.07, 6.45) is -0.250. The minimum absolute atomic E-state index is 0.129. The van der Waals surface area contributed by atoms with Gasteiger partial charge in [-0.2, -0.15) is 0 Å². The van der Waals surface area contributed by atoms with Crippen molar-refractivity contribution in [2.24, 2.45) is 0 Å². The van der Waals surface area contributed by atoms with Crippen LogP contribution in [-0.2, 0) is 11.2 Å². The minimum Gasteiger partial charge on any atom is -0.508 e. The molecule has 2 N–H and O–H groups in total. The maximum absolute atomic E-state index is 10.5. The van der Waals surface area contributed by atoms with Crippen LogP contribution in [0, 0.1) is 6.92 Å². The number of nitrogens with zero attached hydrogens (tertiary/aromatic N) is 1. The van der Waals surface area contributed by atoms with E-state index < -0.39 is 5.97 Å². The molecule has 0 amide bonds. The molecule has 2 rings (SSSR count). The molecule has 5 nitrogen and oxygen atoms in total. The highest BCUT2D eigenvalue weighted by Crippen LogP contribution is 2.26. The fraction of sp³-hybridized carbons (Fsp3) is 0.167. The first-order valence-corrected chi connectivity index (χ1v) is 5.04. The molecule has 0 aliphatic heterocycles. The number of rotatable bonds is 3. The van der Waals surface area contributed by atoms with Crippen LogP contribution >= 0.6 is 0 Å². The molecule has 2 aromatic rings. The van der Waals surface area contributed by atoms with Gasteiger partial charge in [0.25, 0.3) is 0 Å². The zero-order chi connectivity index (χ0) is 12.4. The SMILES string of the molecule is Cc1oc(CC(=O)O)nc1-c1cccc(O)c1. The number of phenolic OH excluding ortho intramolecular Hbond substituents is 1. The molecule has 5 heteroatoms. The van der Waals surface area contributed by atoms with E-state index in [0.717, 1.165) is 0 Å². The van der Waals surface area contributed by atoms with Crippen molar-refractivity contribution in [3.05, 3.63) is 35.9 Å². The minimum atomic E-state index is -0.992. The second kappa shape index (κ2) is 4.29. The average molecular weight is 233 g/mol. The van der Waals surface area contributed by atoms with Crippen LogP contribution in [0.1, 0.15) is 11.7 Å². The summed E-state index contributed by atoms with van der Waals surface area (Å²) in [4.78, 5) is 14.6. The third kappa shape index (κ3) is 2.44. The molecule has 0 atom stereocenters. The van der Waals surface area contributed by atoms with Gasteiger partial charge in [0.2, 0.25) is 5.89 Å². The summed E-state index contributed by atoms with van der Waals surface area (Å²) in [6, 6.07) is 6.57. The maximum Gasteiger partial charge on any atom is 0.312 e. The molecule has 1 heterocycles. The second-order valence-electron chi connectivity index (χ2n) is 3.63. The molecule has 0 unspecified atom stereocenters. The van der Waals surface area contributed by atoms with Crippen molar-refractivity contribution < 1.29 is 19.4 Å². The number of aryl methyl sites for hydroxylation is 1. The third-order valence-electron chi connectivity index (χ3n) is 2.26. The molecule has 0 radical (unpaired) electrons. The molecule has 0 bridgehead atoms. The first-order valence-electron chi connectivity index (χ1n) is 5.04. The Balaban J connectivity index is 2.39. The van der Waals surface area contributed by atoms with E-state index in [1.807, 2.05) is 0 Å². The van der Waals surface area contributed by atoms with Crippen molar-refractivity contribution >= 4 is 5.97 Å². The van der Waals surface area contributed by atoms with E-state index in [0.29, 0.717) is 17.0 Å². The summed E-state index contributed by atoms with van der Waals surface area (Å²) < 4.78 is 5.25. The predicted molar refractivity (Wildman–Crippen MR) is 59.7 cm³/mol. The fourth-order valence-electron chi connectivity index (χ4n) is 1.58. The quantitative estimate of drug-likeness (QED) is 0.846. The van der Waals surface area contributed by atoms with Gasteiger partial charge in [-0.05, 0) is 19.1 Å². The first kappa shape index (κ1) is 11.2. The molecule has 88 valence electrons. The molecule has 1 aromatic heterocycles. The summed E-state index contributed by atoms with van der Waals surface area (Å²) in [7, 11) is 0. The fourth-order valence-corrected chi connectivity index (χ4v) is 1.58. The number of carbonyl (C=O) groups is 1. The molecule has 1 aromatic carbocycles. The van der Waals surface area contributed by atoms with E-state index in [1.165, 1.54) is 0 Å². The van der Waals surface area contributed by atoms with Crippen LogP contribution in [0.3, 0.4) is 0 Å². The molecule has 0 aliphatic rings. The number of benzene rings is 1. The Labute approximate surface area is 97.3 Å². The Morgan fingerprint density at radius 3 is 2.88 bits per heavy atom. The summed E-state index contributed by atoms with van der Waals surface area (Å²) in [5, 5.41) is 18.0. The molecular formula is C12H11NO4. The third-order valence-corrected chi connectivity index (χ3v) is 2.26. The smallest absolute Gasteiger partial charge is 0.312 e. The zero-order valence-corrected chi connectivity index (χ0v) is 9.17. The van der Waals surface area contributed by atoms with Gasteiger partial charge in [0.1, 0.15) is 23.6 Å². The number of carboxylic acid groups (broad SMARTS) is 1. The van der Waals surface area contributed by atoms with Crippen LogP contribution in [0.25, 0.3) is 11.3 Å². The number of aromatic nitrogens is 1.